The van der Waals surface area contributed by atoms with E-state index in [1.54, 1.807) is 0 Å². The maximum atomic E-state index is 6.19. The number of likely N-dealkylation sites (tertiary alicyclic amines) is 1. The van der Waals surface area contributed by atoms with Crippen LogP contribution in [0.2, 0.25) is 0 Å². The van der Waals surface area contributed by atoms with Crippen molar-refractivity contribution in [3.63, 3.8) is 0 Å². The summed E-state index contributed by atoms with van der Waals surface area (Å²) in [6.45, 7) is 3.09. The van der Waals surface area contributed by atoms with E-state index in [1.807, 2.05) is 0 Å². The number of benzene rings is 1. The molecule has 120 valence electrons. The highest BCUT2D eigenvalue weighted by Crippen LogP contribution is 2.27. The van der Waals surface area contributed by atoms with Crippen LogP contribution in [0.3, 0.4) is 0 Å². The second kappa shape index (κ2) is 8.84. The lowest BCUT2D eigenvalue weighted by Crippen LogP contribution is -2.26. The molecule has 0 bridgehead atoms. The lowest BCUT2D eigenvalue weighted by Gasteiger charge is -2.20. The molecule has 0 amide bonds. The third-order valence-electron chi connectivity index (χ3n) is 4.27. The van der Waals surface area contributed by atoms with Gasteiger partial charge in [-0.3, -0.25) is 4.90 Å². The Balaban J connectivity index is 0.00000110. The number of para-hydroxylation sites is 1. The van der Waals surface area contributed by atoms with Gasteiger partial charge in [0.1, 0.15) is 5.75 Å². The van der Waals surface area contributed by atoms with Gasteiger partial charge in [-0.1, -0.05) is 18.2 Å². The van der Waals surface area contributed by atoms with Gasteiger partial charge in [-0.15, -0.1) is 24.8 Å². The van der Waals surface area contributed by atoms with Crippen molar-refractivity contribution in [2.75, 3.05) is 13.1 Å². The summed E-state index contributed by atoms with van der Waals surface area (Å²) < 4.78 is 6.19. The van der Waals surface area contributed by atoms with Gasteiger partial charge >= 0.3 is 0 Å². The van der Waals surface area contributed by atoms with E-state index in [9.17, 15) is 0 Å². The number of hydrogen-bond donors (Lipinski definition) is 1. The molecule has 1 aliphatic carbocycles. The lowest BCUT2D eigenvalue weighted by molar-refractivity contribution is 0.204. The van der Waals surface area contributed by atoms with Crippen LogP contribution in [0.15, 0.2) is 24.3 Å². The van der Waals surface area contributed by atoms with Crippen molar-refractivity contribution >= 4 is 24.8 Å². The van der Waals surface area contributed by atoms with Gasteiger partial charge in [-0.05, 0) is 38.2 Å². The number of halogens is 2. The molecule has 1 unspecified atom stereocenters. The monoisotopic (exact) mass is 332 g/mol. The van der Waals surface area contributed by atoms with E-state index in [0.717, 1.165) is 31.8 Å². The summed E-state index contributed by atoms with van der Waals surface area (Å²) in [6, 6.07) is 8.83. The Morgan fingerprint density at radius 1 is 1.10 bits per heavy atom. The first kappa shape index (κ1) is 18.6. The van der Waals surface area contributed by atoms with E-state index in [2.05, 4.69) is 29.2 Å². The molecule has 0 aromatic heterocycles. The fourth-order valence-electron chi connectivity index (χ4n) is 3.18. The van der Waals surface area contributed by atoms with Crippen LogP contribution in [-0.2, 0) is 6.54 Å². The van der Waals surface area contributed by atoms with Gasteiger partial charge in [-0.25, -0.2) is 0 Å². The highest BCUT2D eigenvalue weighted by molar-refractivity contribution is 5.85. The van der Waals surface area contributed by atoms with Crippen LogP contribution < -0.4 is 10.5 Å². The highest BCUT2D eigenvalue weighted by Gasteiger charge is 2.21. The minimum atomic E-state index is 0. The molecule has 3 nitrogen and oxygen atoms in total. The van der Waals surface area contributed by atoms with Crippen LogP contribution in [0.4, 0.5) is 0 Å². The van der Waals surface area contributed by atoms with Crippen molar-refractivity contribution in [1.82, 2.24) is 4.90 Å². The number of hydrogen-bond acceptors (Lipinski definition) is 3. The Bertz CT molecular complexity index is 424. The zero-order valence-electron chi connectivity index (χ0n) is 12.4. The minimum Gasteiger partial charge on any atom is -0.490 e. The number of rotatable bonds is 4. The van der Waals surface area contributed by atoms with Crippen LogP contribution in [-0.4, -0.2) is 30.1 Å². The summed E-state index contributed by atoms with van der Waals surface area (Å²) >= 11 is 0. The Labute approximate surface area is 140 Å². The topological polar surface area (TPSA) is 38.5 Å². The molecular weight excluding hydrogens is 307 g/mol. The standard InChI is InChI=1S/C16H24N2O.2ClH/c17-14-9-10-18(12-14)11-13-5-1-4-8-16(13)19-15-6-2-3-7-15;;/h1,4-5,8,14-15H,2-3,6-7,9-12,17H2;2*1H. The molecule has 1 atom stereocenters. The molecule has 21 heavy (non-hydrogen) atoms. The third-order valence-corrected chi connectivity index (χ3v) is 4.27. The first-order valence-electron chi connectivity index (χ1n) is 7.54. The van der Waals surface area contributed by atoms with E-state index in [4.69, 9.17) is 10.5 Å². The van der Waals surface area contributed by atoms with Crippen molar-refractivity contribution < 1.29 is 4.74 Å². The smallest absolute Gasteiger partial charge is 0.124 e. The summed E-state index contributed by atoms with van der Waals surface area (Å²) in [5.74, 6) is 1.08. The average molecular weight is 333 g/mol. The van der Waals surface area contributed by atoms with Crippen molar-refractivity contribution in [3.8, 4) is 5.75 Å². The maximum Gasteiger partial charge on any atom is 0.124 e. The molecule has 0 radical (unpaired) electrons. The molecule has 5 heteroatoms. The van der Waals surface area contributed by atoms with Crippen molar-refractivity contribution in [2.45, 2.75) is 50.8 Å². The highest BCUT2D eigenvalue weighted by atomic mass is 35.5. The minimum absolute atomic E-state index is 0. The lowest BCUT2D eigenvalue weighted by atomic mass is 10.2. The summed E-state index contributed by atoms with van der Waals surface area (Å²) in [6.07, 6.45) is 6.60. The Morgan fingerprint density at radius 2 is 1.81 bits per heavy atom. The van der Waals surface area contributed by atoms with Crippen LogP contribution >= 0.6 is 24.8 Å². The number of nitrogens with two attached hydrogens (primary N) is 1. The van der Waals surface area contributed by atoms with Gasteiger partial charge < -0.3 is 10.5 Å². The SMILES string of the molecule is Cl.Cl.NC1CCN(Cc2ccccc2OC2CCCC2)C1. The fourth-order valence-corrected chi connectivity index (χ4v) is 3.18. The maximum absolute atomic E-state index is 6.19. The molecule has 1 saturated heterocycles. The van der Waals surface area contributed by atoms with Crippen molar-refractivity contribution in [2.24, 2.45) is 5.73 Å². The van der Waals surface area contributed by atoms with E-state index in [-0.39, 0.29) is 24.8 Å². The zero-order chi connectivity index (χ0) is 13.1. The van der Waals surface area contributed by atoms with Crippen LogP contribution in [0.5, 0.6) is 5.75 Å². The fraction of sp³-hybridized carbons (Fsp3) is 0.625. The summed E-state index contributed by atoms with van der Waals surface area (Å²) in [7, 11) is 0. The quantitative estimate of drug-likeness (QED) is 0.918. The Hall–Kier alpha value is -0.480. The first-order valence-corrected chi connectivity index (χ1v) is 7.54. The van der Waals surface area contributed by atoms with E-state index < -0.39 is 0 Å². The largest absolute Gasteiger partial charge is 0.490 e. The molecule has 1 heterocycles. The number of ether oxygens (including phenoxy) is 1. The Kier molecular flexibility index (Phi) is 7.82. The zero-order valence-corrected chi connectivity index (χ0v) is 14.0. The molecule has 1 aromatic rings. The van der Waals surface area contributed by atoms with Crippen LogP contribution in [0.1, 0.15) is 37.7 Å². The molecule has 1 aromatic carbocycles. The normalized spacial score (nSPS) is 22.6. The Morgan fingerprint density at radius 3 is 2.48 bits per heavy atom. The van der Waals surface area contributed by atoms with Crippen LogP contribution in [0.25, 0.3) is 0 Å². The molecule has 0 spiro atoms. The summed E-state index contributed by atoms with van der Waals surface area (Å²) in [5.41, 5.74) is 7.28. The molecule has 3 rings (SSSR count). The average Bonchev–Trinajstić information content (AvgIpc) is 3.04. The predicted molar refractivity (Wildman–Crippen MR) is 91.7 cm³/mol. The molecule has 1 saturated carbocycles. The van der Waals surface area contributed by atoms with Gasteiger partial charge in [0.25, 0.3) is 0 Å². The summed E-state index contributed by atoms with van der Waals surface area (Å²) in [5, 5.41) is 0. The van der Waals surface area contributed by atoms with E-state index >= 15 is 0 Å². The van der Waals surface area contributed by atoms with Gasteiger partial charge in [-0.2, -0.15) is 0 Å². The summed E-state index contributed by atoms with van der Waals surface area (Å²) in [4.78, 5) is 2.43. The molecule has 2 aliphatic rings. The molecule has 1 aliphatic heterocycles. The van der Waals surface area contributed by atoms with E-state index in [0.29, 0.717) is 12.1 Å². The second-order valence-corrected chi connectivity index (χ2v) is 5.92. The van der Waals surface area contributed by atoms with Crippen molar-refractivity contribution in [1.29, 1.82) is 0 Å². The third kappa shape index (κ3) is 5.03. The van der Waals surface area contributed by atoms with E-state index in [1.165, 1.54) is 31.2 Å². The van der Waals surface area contributed by atoms with Gasteiger partial charge in [0.05, 0.1) is 6.10 Å². The van der Waals surface area contributed by atoms with Crippen molar-refractivity contribution in [3.05, 3.63) is 29.8 Å². The first-order chi connectivity index (χ1) is 9.31. The number of nitrogens with zero attached hydrogens (tertiary/aromatic N) is 1. The molecular formula is C16H26Cl2N2O. The molecule has 2 N–H and O–H groups in total. The van der Waals surface area contributed by atoms with Crippen LogP contribution in [0, 0.1) is 0 Å². The van der Waals surface area contributed by atoms with Gasteiger partial charge in [0.15, 0.2) is 0 Å². The van der Waals surface area contributed by atoms with Gasteiger partial charge in [0, 0.05) is 31.2 Å². The van der Waals surface area contributed by atoms with Gasteiger partial charge in [0.2, 0.25) is 0 Å². The second-order valence-electron chi connectivity index (χ2n) is 5.92. The molecule has 2 fully saturated rings. The predicted octanol–water partition coefficient (Wildman–Crippen LogP) is 3.38.